The molecule has 2 heterocycles. The van der Waals surface area contributed by atoms with E-state index in [1.54, 1.807) is 6.20 Å². The summed E-state index contributed by atoms with van der Waals surface area (Å²) < 4.78 is 0. The molecule has 90 valence electrons. The summed E-state index contributed by atoms with van der Waals surface area (Å²) in [6.45, 7) is 1.85. The molecule has 0 aliphatic rings. The number of aromatic nitrogens is 3. The van der Waals surface area contributed by atoms with Gasteiger partial charge >= 0.3 is 0 Å². The minimum atomic E-state index is 0.835. The average molecular weight is 248 g/mol. The normalized spacial score (nSPS) is 10.6. The Labute approximate surface area is 105 Å². The first-order chi connectivity index (χ1) is 8.42. The minimum Gasteiger partial charge on any atom is -0.312 e. The van der Waals surface area contributed by atoms with Crippen LogP contribution in [-0.4, -0.2) is 33.7 Å². The van der Waals surface area contributed by atoms with Gasteiger partial charge in [-0.05, 0) is 18.4 Å². The fourth-order valence-corrected chi connectivity index (χ4v) is 1.95. The molecular weight excluding hydrogens is 232 g/mol. The predicted octanol–water partition coefficient (Wildman–Crippen LogP) is 1.92. The number of nitrogens with zero attached hydrogens (tertiary/aromatic N) is 2. The monoisotopic (exact) mass is 248 g/mol. The van der Waals surface area contributed by atoms with Gasteiger partial charge in [0.15, 0.2) is 0 Å². The Balaban J connectivity index is 2.02. The van der Waals surface area contributed by atoms with E-state index < -0.39 is 0 Å². The highest BCUT2D eigenvalue weighted by Crippen LogP contribution is 2.19. The van der Waals surface area contributed by atoms with Crippen molar-refractivity contribution >= 4 is 11.8 Å². The van der Waals surface area contributed by atoms with Gasteiger partial charge in [0.25, 0.3) is 0 Å². The summed E-state index contributed by atoms with van der Waals surface area (Å²) >= 11 is 1.84. The van der Waals surface area contributed by atoms with Crippen molar-refractivity contribution in [2.24, 2.45) is 0 Å². The van der Waals surface area contributed by atoms with Crippen LogP contribution >= 0.6 is 11.8 Å². The molecule has 0 radical (unpaired) electrons. The van der Waals surface area contributed by atoms with Gasteiger partial charge in [0.1, 0.15) is 0 Å². The van der Waals surface area contributed by atoms with Gasteiger partial charge in [-0.25, -0.2) is 0 Å². The first kappa shape index (κ1) is 12.1. The molecule has 0 aliphatic carbocycles. The van der Waals surface area contributed by atoms with E-state index in [9.17, 15) is 0 Å². The zero-order valence-electron chi connectivity index (χ0n) is 9.81. The Hall–Kier alpha value is -1.33. The lowest BCUT2D eigenvalue weighted by Gasteiger charge is -2.04. The zero-order chi connectivity index (χ0) is 11.9. The molecule has 0 bridgehead atoms. The highest BCUT2D eigenvalue weighted by atomic mass is 32.2. The van der Waals surface area contributed by atoms with Crippen LogP contribution in [0.2, 0.25) is 0 Å². The van der Waals surface area contributed by atoms with Crippen molar-refractivity contribution in [3.8, 4) is 11.3 Å². The maximum absolute atomic E-state index is 4.12. The second kappa shape index (κ2) is 6.42. The largest absolute Gasteiger partial charge is 0.312 e. The lowest BCUT2D eigenvalue weighted by molar-refractivity contribution is 0.733. The standard InChI is InChI=1S/C12H16N4S/c1-17-6-5-14-8-11-9-15-16-12(11)10-3-2-4-13-7-10/h2-4,7,9,14H,5-6,8H2,1H3,(H,15,16). The fourth-order valence-electron chi connectivity index (χ4n) is 1.60. The summed E-state index contributed by atoms with van der Waals surface area (Å²) in [5.74, 6) is 1.13. The number of hydrogen-bond donors (Lipinski definition) is 2. The Bertz CT molecular complexity index is 441. The number of rotatable bonds is 6. The molecule has 17 heavy (non-hydrogen) atoms. The molecule has 0 aliphatic heterocycles. The van der Waals surface area contributed by atoms with Gasteiger partial charge in [0.05, 0.1) is 11.9 Å². The Morgan fingerprint density at radius 1 is 1.41 bits per heavy atom. The second-order valence-corrected chi connectivity index (χ2v) is 4.67. The lowest BCUT2D eigenvalue weighted by atomic mass is 10.1. The highest BCUT2D eigenvalue weighted by Gasteiger charge is 2.06. The number of pyridine rings is 1. The number of H-pyrrole nitrogens is 1. The number of aromatic amines is 1. The molecule has 0 saturated carbocycles. The van der Waals surface area contributed by atoms with Crippen molar-refractivity contribution in [1.82, 2.24) is 20.5 Å². The molecule has 5 heteroatoms. The van der Waals surface area contributed by atoms with Crippen molar-refractivity contribution in [2.45, 2.75) is 6.54 Å². The van der Waals surface area contributed by atoms with E-state index in [0.717, 1.165) is 30.1 Å². The van der Waals surface area contributed by atoms with E-state index in [1.807, 2.05) is 36.3 Å². The first-order valence-corrected chi connectivity index (χ1v) is 6.93. The molecule has 0 atom stereocenters. The average Bonchev–Trinajstić information content (AvgIpc) is 2.84. The van der Waals surface area contributed by atoms with Crippen molar-refractivity contribution < 1.29 is 0 Å². The maximum Gasteiger partial charge on any atom is 0.0710 e. The highest BCUT2D eigenvalue weighted by molar-refractivity contribution is 7.98. The van der Waals surface area contributed by atoms with Crippen LogP contribution in [0.15, 0.2) is 30.7 Å². The molecule has 0 saturated heterocycles. The van der Waals surface area contributed by atoms with Crippen LogP contribution in [0, 0.1) is 0 Å². The quantitative estimate of drug-likeness (QED) is 0.767. The Kier molecular flexibility index (Phi) is 4.58. The van der Waals surface area contributed by atoms with E-state index in [1.165, 1.54) is 5.56 Å². The molecule has 0 fully saturated rings. The van der Waals surface area contributed by atoms with Crippen LogP contribution in [0.1, 0.15) is 5.56 Å². The summed E-state index contributed by atoms with van der Waals surface area (Å²) in [7, 11) is 0. The summed E-state index contributed by atoms with van der Waals surface area (Å²) in [5.41, 5.74) is 3.31. The molecule has 0 amide bonds. The molecule has 0 aromatic carbocycles. The van der Waals surface area contributed by atoms with Crippen LogP contribution in [0.3, 0.4) is 0 Å². The van der Waals surface area contributed by atoms with Crippen molar-refractivity contribution in [1.29, 1.82) is 0 Å². The smallest absolute Gasteiger partial charge is 0.0710 e. The summed E-state index contributed by atoms with van der Waals surface area (Å²) in [5, 5.41) is 10.5. The Morgan fingerprint density at radius 3 is 3.12 bits per heavy atom. The van der Waals surface area contributed by atoms with Crippen molar-refractivity contribution in [3.63, 3.8) is 0 Å². The molecule has 4 nitrogen and oxygen atoms in total. The van der Waals surface area contributed by atoms with Gasteiger partial charge in [0, 0.05) is 42.4 Å². The predicted molar refractivity (Wildman–Crippen MR) is 71.9 cm³/mol. The zero-order valence-corrected chi connectivity index (χ0v) is 10.6. The molecule has 2 aromatic rings. The lowest BCUT2D eigenvalue weighted by Crippen LogP contribution is -2.16. The number of thioether (sulfide) groups is 1. The van der Waals surface area contributed by atoms with Crippen LogP contribution in [0.5, 0.6) is 0 Å². The van der Waals surface area contributed by atoms with E-state index in [0.29, 0.717) is 0 Å². The third-order valence-electron chi connectivity index (χ3n) is 2.47. The molecular formula is C12H16N4S. The summed E-state index contributed by atoms with van der Waals surface area (Å²) in [4.78, 5) is 4.12. The van der Waals surface area contributed by atoms with Gasteiger partial charge in [-0.2, -0.15) is 16.9 Å². The van der Waals surface area contributed by atoms with Gasteiger partial charge < -0.3 is 5.32 Å². The van der Waals surface area contributed by atoms with Crippen LogP contribution in [0.4, 0.5) is 0 Å². The maximum atomic E-state index is 4.12. The number of hydrogen-bond acceptors (Lipinski definition) is 4. The van der Waals surface area contributed by atoms with Gasteiger partial charge in [-0.15, -0.1) is 0 Å². The van der Waals surface area contributed by atoms with Crippen LogP contribution in [-0.2, 0) is 6.54 Å². The van der Waals surface area contributed by atoms with E-state index in [-0.39, 0.29) is 0 Å². The van der Waals surface area contributed by atoms with Crippen LogP contribution < -0.4 is 5.32 Å². The molecule has 2 N–H and O–H groups in total. The van der Waals surface area contributed by atoms with Crippen molar-refractivity contribution in [3.05, 3.63) is 36.3 Å². The van der Waals surface area contributed by atoms with Crippen molar-refractivity contribution in [2.75, 3.05) is 18.6 Å². The fraction of sp³-hybridized carbons (Fsp3) is 0.333. The number of nitrogens with one attached hydrogen (secondary N) is 2. The van der Waals surface area contributed by atoms with E-state index in [2.05, 4.69) is 26.8 Å². The summed E-state index contributed by atoms with van der Waals surface area (Å²) in [6.07, 6.45) is 7.60. The van der Waals surface area contributed by atoms with E-state index in [4.69, 9.17) is 0 Å². The van der Waals surface area contributed by atoms with Gasteiger partial charge in [0.2, 0.25) is 0 Å². The summed E-state index contributed by atoms with van der Waals surface area (Å²) in [6, 6.07) is 3.97. The van der Waals surface area contributed by atoms with Crippen LogP contribution in [0.25, 0.3) is 11.3 Å². The topological polar surface area (TPSA) is 53.6 Å². The third-order valence-corrected chi connectivity index (χ3v) is 3.08. The van der Waals surface area contributed by atoms with Gasteiger partial charge in [-0.1, -0.05) is 0 Å². The molecule has 2 aromatic heterocycles. The Morgan fingerprint density at radius 2 is 2.35 bits per heavy atom. The molecule has 0 unspecified atom stereocenters. The third kappa shape index (κ3) is 3.31. The minimum absolute atomic E-state index is 0.835. The van der Waals surface area contributed by atoms with Gasteiger partial charge in [-0.3, -0.25) is 10.1 Å². The molecule has 2 rings (SSSR count). The first-order valence-electron chi connectivity index (χ1n) is 5.54. The van der Waals surface area contributed by atoms with E-state index >= 15 is 0 Å². The SMILES string of the molecule is CSCCNCc1cn[nH]c1-c1cccnc1. The second-order valence-electron chi connectivity index (χ2n) is 3.68. The molecule has 0 spiro atoms.